The van der Waals surface area contributed by atoms with Crippen LogP contribution in [0.2, 0.25) is 0 Å². The van der Waals surface area contributed by atoms with Crippen LogP contribution < -0.4 is 0 Å². The molecular formula is C24H12S. The van der Waals surface area contributed by atoms with Gasteiger partial charge < -0.3 is 0 Å². The first-order valence-electron chi connectivity index (χ1n) is 7.55. The molecule has 0 atom stereocenters. The molecule has 25 heavy (non-hydrogen) atoms. The summed E-state index contributed by atoms with van der Waals surface area (Å²) < 4.78 is 0. The van der Waals surface area contributed by atoms with Crippen molar-refractivity contribution in [1.82, 2.24) is 0 Å². The number of benzene rings is 2. The molecule has 0 radical (unpaired) electrons. The minimum absolute atomic E-state index is 0.803. The molecule has 2 aromatic carbocycles. The topological polar surface area (TPSA) is 0 Å². The van der Waals surface area contributed by atoms with Crippen LogP contribution in [0.15, 0.2) is 60.7 Å². The summed E-state index contributed by atoms with van der Waals surface area (Å²) in [5, 5.41) is 0. The monoisotopic (exact) mass is 332 g/mol. The van der Waals surface area contributed by atoms with Gasteiger partial charge in [-0.1, -0.05) is 59.8 Å². The average molecular weight is 332 g/mol. The van der Waals surface area contributed by atoms with E-state index in [0.29, 0.717) is 0 Å². The number of hydrogen-bond acceptors (Lipinski definition) is 1. The van der Waals surface area contributed by atoms with Gasteiger partial charge in [-0.05, 0) is 36.4 Å². The molecule has 0 aliphatic carbocycles. The first-order valence-corrected chi connectivity index (χ1v) is 8.37. The van der Waals surface area contributed by atoms with Crippen LogP contribution in [0.5, 0.6) is 0 Å². The van der Waals surface area contributed by atoms with Crippen molar-refractivity contribution in [3.05, 3.63) is 92.7 Å². The molecule has 114 valence electrons. The third-order valence-corrected chi connectivity index (χ3v) is 4.33. The number of terminal acetylenes is 2. The fraction of sp³-hybridized carbons (Fsp3) is 0. The van der Waals surface area contributed by atoms with Crippen molar-refractivity contribution in [2.24, 2.45) is 0 Å². The summed E-state index contributed by atoms with van der Waals surface area (Å²) in [5.41, 5.74) is 3.32. The van der Waals surface area contributed by atoms with Crippen LogP contribution >= 0.6 is 11.3 Å². The van der Waals surface area contributed by atoms with Gasteiger partial charge in [0, 0.05) is 22.3 Å². The minimum Gasteiger partial charge on any atom is -0.118 e. The SMILES string of the molecule is C#Cc1ccccc1C#Cc1ccc(C#Cc2ccccc2C#C)s1. The Kier molecular flexibility index (Phi) is 5.05. The Morgan fingerprint density at radius 3 is 1.32 bits per heavy atom. The zero-order valence-corrected chi connectivity index (χ0v) is 14.2. The third-order valence-electron chi connectivity index (χ3n) is 3.41. The highest BCUT2D eigenvalue weighted by molar-refractivity contribution is 7.13. The zero-order valence-electron chi connectivity index (χ0n) is 13.3. The van der Waals surface area contributed by atoms with Gasteiger partial charge in [0.1, 0.15) is 0 Å². The molecule has 0 nitrogen and oxygen atoms in total. The molecule has 1 heterocycles. The van der Waals surface area contributed by atoms with Gasteiger partial charge in [0.2, 0.25) is 0 Å². The average Bonchev–Trinajstić information content (AvgIpc) is 3.13. The van der Waals surface area contributed by atoms with E-state index in [4.69, 9.17) is 12.8 Å². The first kappa shape index (κ1) is 16.2. The summed E-state index contributed by atoms with van der Waals surface area (Å²) in [6, 6.07) is 19.2. The molecule has 0 N–H and O–H groups in total. The van der Waals surface area contributed by atoms with E-state index in [0.717, 1.165) is 32.0 Å². The lowest BCUT2D eigenvalue weighted by molar-refractivity contribution is 1.59. The molecule has 0 unspecified atom stereocenters. The van der Waals surface area contributed by atoms with Crippen molar-refractivity contribution in [1.29, 1.82) is 0 Å². The molecule has 0 amide bonds. The molecule has 0 saturated heterocycles. The fourth-order valence-corrected chi connectivity index (χ4v) is 2.88. The van der Waals surface area contributed by atoms with E-state index in [1.54, 1.807) is 11.3 Å². The predicted molar refractivity (Wildman–Crippen MR) is 105 cm³/mol. The molecular weight excluding hydrogens is 320 g/mol. The predicted octanol–water partition coefficient (Wildman–Crippen LogP) is 4.51. The number of thiophene rings is 1. The Hall–Kier alpha value is -3.62. The first-order chi connectivity index (χ1) is 12.3. The van der Waals surface area contributed by atoms with E-state index in [-0.39, 0.29) is 0 Å². The van der Waals surface area contributed by atoms with Gasteiger partial charge in [0.15, 0.2) is 0 Å². The second-order valence-corrected chi connectivity index (χ2v) is 6.13. The van der Waals surface area contributed by atoms with Gasteiger partial charge in [0.05, 0.1) is 9.75 Å². The normalized spacial score (nSPS) is 8.88. The molecule has 0 bridgehead atoms. The Balaban J connectivity index is 1.84. The van der Waals surface area contributed by atoms with Crippen LogP contribution in [0.3, 0.4) is 0 Å². The maximum absolute atomic E-state index is 5.49. The van der Waals surface area contributed by atoms with Crippen LogP contribution in [-0.2, 0) is 0 Å². The quantitative estimate of drug-likeness (QED) is 0.531. The Labute approximate surface area is 152 Å². The fourth-order valence-electron chi connectivity index (χ4n) is 2.17. The highest BCUT2D eigenvalue weighted by Gasteiger charge is 1.97. The summed E-state index contributed by atoms with van der Waals surface area (Å²) in [4.78, 5) is 1.89. The lowest BCUT2D eigenvalue weighted by Crippen LogP contribution is -1.81. The van der Waals surface area contributed by atoms with E-state index >= 15 is 0 Å². The summed E-state index contributed by atoms with van der Waals surface area (Å²) >= 11 is 1.55. The lowest BCUT2D eigenvalue weighted by Gasteiger charge is -1.93. The molecule has 0 saturated carbocycles. The van der Waals surface area contributed by atoms with Gasteiger partial charge in [-0.15, -0.1) is 24.2 Å². The van der Waals surface area contributed by atoms with E-state index in [9.17, 15) is 0 Å². The van der Waals surface area contributed by atoms with Crippen LogP contribution in [0.4, 0.5) is 0 Å². The van der Waals surface area contributed by atoms with Gasteiger partial charge >= 0.3 is 0 Å². The van der Waals surface area contributed by atoms with Gasteiger partial charge in [-0.2, -0.15) is 0 Å². The van der Waals surface area contributed by atoms with Crippen LogP contribution in [0.1, 0.15) is 32.0 Å². The Bertz CT molecular complexity index is 1030. The van der Waals surface area contributed by atoms with E-state index in [1.807, 2.05) is 60.7 Å². The molecule has 3 rings (SSSR count). The maximum Gasteiger partial charge on any atom is 0.0785 e. The highest BCUT2D eigenvalue weighted by atomic mass is 32.1. The van der Waals surface area contributed by atoms with E-state index in [1.165, 1.54) is 0 Å². The van der Waals surface area contributed by atoms with E-state index < -0.39 is 0 Å². The molecule has 0 spiro atoms. The van der Waals surface area contributed by atoms with Gasteiger partial charge in [-0.3, -0.25) is 0 Å². The molecule has 3 aromatic rings. The standard InChI is InChI=1S/C24H12S/c1-3-19-9-5-7-11-21(19)13-15-23-17-18-24(25-23)16-14-22-12-8-6-10-20(22)4-2/h1-2,5-12,17-18H. The van der Waals surface area contributed by atoms with Crippen LogP contribution in [0.25, 0.3) is 0 Å². The molecule has 1 heteroatoms. The number of hydrogen-bond donors (Lipinski definition) is 0. The van der Waals surface area contributed by atoms with Crippen LogP contribution in [-0.4, -0.2) is 0 Å². The zero-order chi connectivity index (χ0) is 17.5. The summed E-state index contributed by atoms with van der Waals surface area (Å²) in [6.45, 7) is 0. The summed E-state index contributed by atoms with van der Waals surface area (Å²) in [5.74, 6) is 17.9. The van der Waals surface area contributed by atoms with Gasteiger partial charge in [-0.25, -0.2) is 0 Å². The minimum atomic E-state index is 0.803. The second-order valence-electron chi connectivity index (χ2n) is 5.04. The Morgan fingerprint density at radius 1 is 0.520 bits per heavy atom. The molecule has 0 aliphatic heterocycles. The molecule has 0 aliphatic rings. The molecule has 0 fully saturated rings. The van der Waals surface area contributed by atoms with Crippen molar-refractivity contribution >= 4 is 11.3 Å². The van der Waals surface area contributed by atoms with Crippen molar-refractivity contribution in [2.45, 2.75) is 0 Å². The van der Waals surface area contributed by atoms with Crippen molar-refractivity contribution in [2.75, 3.05) is 0 Å². The van der Waals surface area contributed by atoms with E-state index in [2.05, 4.69) is 35.5 Å². The molecule has 1 aromatic heterocycles. The van der Waals surface area contributed by atoms with Crippen molar-refractivity contribution in [3.8, 4) is 48.4 Å². The third kappa shape index (κ3) is 4.02. The maximum atomic E-state index is 5.49. The lowest BCUT2D eigenvalue weighted by atomic mass is 10.1. The second kappa shape index (κ2) is 7.77. The summed E-state index contributed by atoms with van der Waals surface area (Å²) in [7, 11) is 0. The number of rotatable bonds is 0. The smallest absolute Gasteiger partial charge is 0.0785 e. The Morgan fingerprint density at radius 2 is 0.920 bits per heavy atom. The van der Waals surface area contributed by atoms with Gasteiger partial charge in [0.25, 0.3) is 0 Å². The van der Waals surface area contributed by atoms with Crippen LogP contribution in [0, 0.1) is 48.4 Å². The van der Waals surface area contributed by atoms with Crippen molar-refractivity contribution < 1.29 is 0 Å². The van der Waals surface area contributed by atoms with Crippen molar-refractivity contribution in [3.63, 3.8) is 0 Å². The summed E-state index contributed by atoms with van der Waals surface area (Å²) in [6.07, 6.45) is 11.0. The largest absolute Gasteiger partial charge is 0.118 e. The highest BCUT2D eigenvalue weighted by Crippen LogP contribution is 2.15.